The molecule has 2 atom stereocenters. The summed E-state index contributed by atoms with van der Waals surface area (Å²) in [4.78, 5) is 49.9. The number of carbonyl (C=O) groups is 3. The Kier molecular flexibility index (Phi) is 7.41. The molecular weight excluding hydrogens is 502 g/mol. The van der Waals surface area contributed by atoms with Gasteiger partial charge in [0.25, 0.3) is 5.91 Å². The second-order valence-corrected chi connectivity index (χ2v) is 10.2. The van der Waals surface area contributed by atoms with E-state index in [0.717, 1.165) is 11.3 Å². The summed E-state index contributed by atoms with van der Waals surface area (Å²) in [5.74, 6) is 0.157. The minimum absolute atomic E-state index is 0.111. The molecule has 3 aromatic rings. The summed E-state index contributed by atoms with van der Waals surface area (Å²) in [5, 5.41) is 5.75. The Labute approximate surface area is 224 Å². The number of carbonyl (C=O) groups excluding carboxylic acids is 3. The number of hydrogen-bond acceptors (Lipinski definition) is 7. The fourth-order valence-electron chi connectivity index (χ4n) is 4.33. The third-order valence-corrected chi connectivity index (χ3v) is 7.55. The van der Waals surface area contributed by atoms with E-state index in [4.69, 9.17) is 9.41 Å². The molecule has 0 bridgehead atoms. The lowest BCUT2D eigenvalue weighted by atomic mass is 10.1. The lowest BCUT2D eigenvalue weighted by Crippen LogP contribution is -2.46. The van der Waals surface area contributed by atoms with Crippen molar-refractivity contribution < 1.29 is 18.8 Å². The Hall–Kier alpha value is -4.18. The van der Waals surface area contributed by atoms with Crippen molar-refractivity contribution in [3.8, 4) is 0 Å². The molecule has 10 heteroatoms. The average Bonchev–Trinajstić information content (AvgIpc) is 3.54. The van der Waals surface area contributed by atoms with Crippen molar-refractivity contribution in [3.05, 3.63) is 83.8 Å². The largest absolute Gasteiger partial charge is 0.467 e. The van der Waals surface area contributed by atoms with Gasteiger partial charge in [0, 0.05) is 11.3 Å². The van der Waals surface area contributed by atoms with E-state index in [1.165, 1.54) is 18.0 Å². The van der Waals surface area contributed by atoms with Crippen molar-refractivity contribution in [2.45, 2.75) is 44.5 Å². The van der Waals surface area contributed by atoms with E-state index in [9.17, 15) is 14.4 Å². The molecule has 2 aliphatic heterocycles. The number of thioether (sulfide) groups is 1. The standard InChI is InChI=1S/C28H27N5O4S/c1-3-23(27(36)30-18-9-6-8-17(2)14-18)38-28-31-21-12-5-4-11-20(21)25-32-26(35)22(33(25)28)15-24(34)29-16-19-10-7-13-37-19/h4-14,22-23H,3,15-16H2,1-2H3,(H,29,34)(H,30,36). The molecule has 3 heterocycles. The molecule has 1 aromatic heterocycles. The van der Waals surface area contributed by atoms with E-state index in [0.29, 0.717) is 34.4 Å². The predicted octanol–water partition coefficient (Wildman–Crippen LogP) is 4.40. The van der Waals surface area contributed by atoms with E-state index in [1.54, 1.807) is 17.0 Å². The number of nitrogens with zero attached hydrogens (tertiary/aromatic N) is 3. The van der Waals surface area contributed by atoms with Gasteiger partial charge < -0.3 is 15.1 Å². The van der Waals surface area contributed by atoms with Gasteiger partial charge in [-0.2, -0.15) is 4.99 Å². The van der Waals surface area contributed by atoms with Crippen LogP contribution in [-0.2, 0) is 20.9 Å². The van der Waals surface area contributed by atoms with Gasteiger partial charge in [0.1, 0.15) is 17.6 Å². The highest BCUT2D eigenvalue weighted by Crippen LogP contribution is 2.36. The lowest BCUT2D eigenvalue weighted by molar-refractivity contribution is -0.126. The summed E-state index contributed by atoms with van der Waals surface area (Å²) in [6.45, 7) is 4.11. The fourth-order valence-corrected chi connectivity index (χ4v) is 5.39. The number of aryl methyl sites for hydroxylation is 1. The number of benzene rings is 2. The van der Waals surface area contributed by atoms with Crippen molar-refractivity contribution in [3.63, 3.8) is 0 Å². The predicted molar refractivity (Wildman–Crippen MR) is 147 cm³/mol. The smallest absolute Gasteiger partial charge is 0.271 e. The molecule has 3 amide bonds. The maximum atomic E-state index is 13.2. The first-order chi connectivity index (χ1) is 18.4. The number of furan rings is 1. The highest BCUT2D eigenvalue weighted by molar-refractivity contribution is 8.15. The number of hydrogen-bond donors (Lipinski definition) is 2. The minimum atomic E-state index is -0.862. The zero-order valence-electron chi connectivity index (χ0n) is 21.0. The van der Waals surface area contributed by atoms with Crippen molar-refractivity contribution >= 4 is 51.9 Å². The lowest BCUT2D eigenvalue weighted by Gasteiger charge is -2.32. The Morgan fingerprint density at radius 2 is 1.95 bits per heavy atom. The van der Waals surface area contributed by atoms with Crippen LogP contribution in [0.15, 0.2) is 81.3 Å². The Morgan fingerprint density at radius 1 is 1.11 bits per heavy atom. The highest BCUT2D eigenvalue weighted by Gasteiger charge is 2.43. The molecule has 0 radical (unpaired) electrons. The van der Waals surface area contributed by atoms with Gasteiger partial charge in [-0.15, -0.1) is 0 Å². The number of anilines is 1. The Morgan fingerprint density at radius 3 is 2.71 bits per heavy atom. The first kappa shape index (κ1) is 25.5. The van der Waals surface area contributed by atoms with Crippen LogP contribution in [0, 0.1) is 6.92 Å². The van der Waals surface area contributed by atoms with Crippen LogP contribution in [0.25, 0.3) is 0 Å². The normalized spacial score (nSPS) is 16.7. The minimum Gasteiger partial charge on any atom is -0.467 e. The van der Waals surface area contributed by atoms with Crippen LogP contribution < -0.4 is 10.6 Å². The number of rotatable bonds is 8. The van der Waals surface area contributed by atoms with Gasteiger partial charge in [0.05, 0.1) is 30.2 Å². The molecule has 5 rings (SSSR count). The third-order valence-electron chi connectivity index (χ3n) is 6.22. The quantitative estimate of drug-likeness (QED) is 0.447. The SMILES string of the molecule is CCC(SC1=Nc2ccccc2C2=NC(=O)C(CC(=O)NCc3ccco3)N12)C(=O)Nc1cccc(C)c1. The molecule has 0 spiro atoms. The topological polar surface area (TPSA) is 116 Å². The fraction of sp³-hybridized carbons (Fsp3) is 0.250. The molecule has 194 valence electrons. The summed E-state index contributed by atoms with van der Waals surface area (Å²) in [5.41, 5.74) is 3.13. The Balaban J connectivity index is 1.38. The van der Waals surface area contributed by atoms with Crippen LogP contribution in [0.5, 0.6) is 0 Å². The molecule has 38 heavy (non-hydrogen) atoms. The number of para-hydroxylation sites is 1. The van der Waals surface area contributed by atoms with Crippen LogP contribution in [-0.4, -0.2) is 44.9 Å². The highest BCUT2D eigenvalue weighted by atomic mass is 32.2. The summed E-state index contributed by atoms with van der Waals surface area (Å²) in [7, 11) is 0. The van der Waals surface area contributed by atoms with Crippen LogP contribution in [0.1, 0.15) is 36.7 Å². The van der Waals surface area contributed by atoms with E-state index in [-0.39, 0.29) is 24.8 Å². The zero-order valence-corrected chi connectivity index (χ0v) is 21.8. The van der Waals surface area contributed by atoms with Crippen molar-refractivity contribution in [1.29, 1.82) is 0 Å². The van der Waals surface area contributed by atoms with Gasteiger partial charge in [0.15, 0.2) is 5.17 Å². The van der Waals surface area contributed by atoms with Crippen molar-refractivity contribution in [1.82, 2.24) is 10.2 Å². The van der Waals surface area contributed by atoms with Gasteiger partial charge in [-0.25, -0.2) is 4.99 Å². The molecule has 0 fully saturated rings. The molecule has 0 saturated heterocycles. The van der Waals surface area contributed by atoms with E-state index < -0.39 is 17.2 Å². The van der Waals surface area contributed by atoms with E-state index in [2.05, 4.69) is 15.6 Å². The molecular formula is C28H27N5O4S. The summed E-state index contributed by atoms with van der Waals surface area (Å²) < 4.78 is 5.27. The molecule has 2 aliphatic rings. The second-order valence-electron chi connectivity index (χ2n) is 9.00. The number of aliphatic imine (C=N–C) groups is 2. The Bertz CT molecular complexity index is 1430. The van der Waals surface area contributed by atoms with Gasteiger partial charge >= 0.3 is 0 Å². The monoisotopic (exact) mass is 529 g/mol. The third kappa shape index (κ3) is 5.40. The molecule has 2 unspecified atom stereocenters. The first-order valence-corrected chi connectivity index (χ1v) is 13.2. The molecule has 0 saturated carbocycles. The molecule has 0 aliphatic carbocycles. The van der Waals surface area contributed by atoms with Crippen LogP contribution in [0.4, 0.5) is 11.4 Å². The maximum Gasteiger partial charge on any atom is 0.271 e. The van der Waals surface area contributed by atoms with Crippen LogP contribution >= 0.6 is 11.8 Å². The summed E-state index contributed by atoms with van der Waals surface area (Å²) >= 11 is 1.27. The van der Waals surface area contributed by atoms with Crippen molar-refractivity contribution in [2.75, 3.05) is 5.32 Å². The van der Waals surface area contributed by atoms with Crippen LogP contribution in [0.2, 0.25) is 0 Å². The zero-order chi connectivity index (χ0) is 26.6. The van der Waals surface area contributed by atoms with Gasteiger partial charge in [0.2, 0.25) is 11.8 Å². The summed E-state index contributed by atoms with van der Waals surface area (Å²) in [6, 6.07) is 17.7. The van der Waals surface area contributed by atoms with Gasteiger partial charge in [-0.3, -0.25) is 19.3 Å². The van der Waals surface area contributed by atoms with Crippen molar-refractivity contribution in [2.24, 2.45) is 9.98 Å². The molecule has 9 nitrogen and oxygen atoms in total. The van der Waals surface area contributed by atoms with Gasteiger partial charge in [-0.1, -0.05) is 43.0 Å². The van der Waals surface area contributed by atoms with E-state index >= 15 is 0 Å². The summed E-state index contributed by atoms with van der Waals surface area (Å²) in [6.07, 6.45) is 1.96. The number of nitrogens with one attached hydrogen (secondary N) is 2. The first-order valence-electron chi connectivity index (χ1n) is 12.4. The van der Waals surface area contributed by atoms with Crippen LogP contribution in [0.3, 0.4) is 0 Å². The van der Waals surface area contributed by atoms with Gasteiger partial charge in [-0.05, 0) is 55.3 Å². The number of amidine groups is 2. The number of amides is 3. The molecule has 2 N–H and O–H groups in total. The molecule has 2 aromatic carbocycles. The average molecular weight is 530 g/mol. The van der Waals surface area contributed by atoms with E-state index in [1.807, 2.05) is 62.4 Å². The maximum absolute atomic E-state index is 13.2. The second kappa shape index (κ2) is 11.1. The number of fused-ring (bicyclic) bond motifs is 3.